The van der Waals surface area contributed by atoms with E-state index in [0.29, 0.717) is 35.4 Å². The predicted molar refractivity (Wildman–Crippen MR) is 128 cm³/mol. The highest BCUT2D eigenvalue weighted by Crippen LogP contribution is 2.51. The van der Waals surface area contributed by atoms with Crippen molar-refractivity contribution in [2.45, 2.75) is 46.0 Å². The minimum atomic E-state index is -0.617. The number of nitriles is 1. The zero-order valence-electron chi connectivity index (χ0n) is 19.5. The molecule has 1 aliphatic heterocycles. The third kappa shape index (κ3) is 3.74. The third-order valence-corrected chi connectivity index (χ3v) is 6.53. The van der Waals surface area contributed by atoms with Gasteiger partial charge in [-0.3, -0.25) is 9.69 Å². The maximum absolute atomic E-state index is 13.6. The summed E-state index contributed by atoms with van der Waals surface area (Å²) in [5.74, 6) is 0.00883. The summed E-state index contributed by atoms with van der Waals surface area (Å²) in [5.41, 5.74) is 10.9. The highest BCUT2D eigenvalue weighted by molar-refractivity contribution is 6.01. The number of rotatable bonds is 4. The Morgan fingerprint density at radius 2 is 1.97 bits per heavy atom. The van der Waals surface area contributed by atoms with Crippen LogP contribution in [0.25, 0.3) is 0 Å². The third-order valence-electron chi connectivity index (χ3n) is 6.53. The van der Waals surface area contributed by atoms with Crippen LogP contribution < -0.4 is 15.4 Å². The summed E-state index contributed by atoms with van der Waals surface area (Å²) in [6.07, 6.45) is 1.83. The van der Waals surface area contributed by atoms with Crippen LogP contribution in [0.2, 0.25) is 0 Å². The molecule has 0 amide bonds. The van der Waals surface area contributed by atoms with E-state index in [-0.39, 0.29) is 22.7 Å². The largest absolute Gasteiger partial charge is 0.504 e. The average Bonchev–Trinajstić information content (AvgIpc) is 2.78. The minimum Gasteiger partial charge on any atom is -0.504 e. The van der Waals surface area contributed by atoms with Crippen molar-refractivity contribution >= 4 is 11.5 Å². The maximum Gasteiger partial charge on any atom is 0.162 e. The van der Waals surface area contributed by atoms with E-state index in [9.17, 15) is 15.2 Å². The molecule has 3 N–H and O–H groups in total. The normalized spacial score (nSPS) is 19.9. The summed E-state index contributed by atoms with van der Waals surface area (Å²) >= 11 is 0. The number of hydrogen-bond donors (Lipinski definition) is 2. The molecule has 0 aromatic heterocycles. The first kappa shape index (κ1) is 22.5. The number of benzene rings is 2. The van der Waals surface area contributed by atoms with Crippen LogP contribution in [0.3, 0.4) is 0 Å². The SMILES string of the molecule is CCc1ccccc1N1C(N)=C(C#N)C(c2ccc(O)c(OC)c2)C2=C1CC(C)(C)CC2=O. The molecule has 1 atom stereocenters. The highest BCUT2D eigenvalue weighted by Gasteiger charge is 2.45. The number of carbonyl (C=O) groups excluding carboxylic acids is 1. The molecule has 0 radical (unpaired) electrons. The van der Waals surface area contributed by atoms with Crippen molar-refractivity contribution < 1.29 is 14.6 Å². The highest BCUT2D eigenvalue weighted by atomic mass is 16.5. The van der Waals surface area contributed by atoms with Gasteiger partial charge >= 0.3 is 0 Å². The topological polar surface area (TPSA) is 99.6 Å². The number of para-hydroxylation sites is 1. The second kappa shape index (κ2) is 8.32. The molecule has 0 bridgehead atoms. The van der Waals surface area contributed by atoms with Gasteiger partial charge in [0.05, 0.1) is 30.4 Å². The summed E-state index contributed by atoms with van der Waals surface area (Å²) in [4.78, 5) is 15.5. The summed E-state index contributed by atoms with van der Waals surface area (Å²) in [6.45, 7) is 6.23. The number of phenols is 1. The molecule has 33 heavy (non-hydrogen) atoms. The van der Waals surface area contributed by atoms with Crippen molar-refractivity contribution in [3.8, 4) is 17.6 Å². The van der Waals surface area contributed by atoms with E-state index in [1.54, 1.807) is 12.1 Å². The van der Waals surface area contributed by atoms with Gasteiger partial charge in [-0.1, -0.05) is 45.0 Å². The van der Waals surface area contributed by atoms with Crippen LogP contribution in [0.15, 0.2) is 65.1 Å². The summed E-state index contributed by atoms with van der Waals surface area (Å²) < 4.78 is 5.30. The van der Waals surface area contributed by atoms with Crippen molar-refractivity contribution in [3.63, 3.8) is 0 Å². The van der Waals surface area contributed by atoms with E-state index < -0.39 is 5.92 Å². The van der Waals surface area contributed by atoms with E-state index in [1.165, 1.54) is 13.2 Å². The molecule has 0 fully saturated rings. The standard InChI is InChI=1S/C27H29N3O3/c1-5-16-8-6-7-9-19(16)30-20-13-27(2,3)14-22(32)25(20)24(18(15-28)26(30)29)17-10-11-21(31)23(12-17)33-4/h6-12,24,31H,5,13-14,29H2,1-4H3. The first-order valence-electron chi connectivity index (χ1n) is 11.1. The smallest absolute Gasteiger partial charge is 0.162 e. The van der Waals surface area contributed by atoms with E-state index in [2.05, 4.69) is 26.8 Å². The molecule has 2 aromatic carbocycles. The van der Waals surface area contributed by atoms with Crippen LogP contribution in [0.1, 0.15) is 50.7 Å². The van der Waals surface area contributed by atoms with Gasteiger partial charge in [0, 0.05) is 17.7 Å². The van der Waals surface area contributed by atoms with Crippen LogP contribution in [0, 0.1) is 16.7 Å². The van der Waals surface area contributed by atoms with Gasteiger partial charge in [-0.2, -0.15) is 5.26 Å². The lowest BCUT2D eigenvalue weighted by atomic mass is 9.68. The molecule has 6 nitrogen and oxygen atoms in total. The van der Waals surface area contributed by atoms with Gasteiger partial charge in [-0.15, -0.1) is 0 Å². The number of nitrogens with two attached hydrogens (primary N) is 1. The van der Waals surface area contributed by atoms with Crippen molar-refractivity contribution in [3.05, 3.63) is 76.3 Å². The summed E-state index contributed by atoms with van der Waals surface area (Å²) in [6, 6.07) is 15.2. The molecule has 0 saturated heterocycles. The van der Waals surface area contributed by atoms with Gasteiger partial charge in [-0.05, 0) is 47.6 Å². The molecule has 2 aromatic rings. The Hall–Kier alpha value is -3.72. The van der Waals surface area contributed by atoms with Crippen LogP contribution in [0.4, 0.5) is 5.69 Å². The fraction of sp³-hybridized carbons (Fsp3) is 0.333. The number of aromatic hydroxyl groups is 1. The van der Waals surface area contributed by atoms with E-state index in [0.717, 1.165) is 23.4 Å². The molecule has 2 aliphatic rings. The molecular formula is C27H29N3O3. The zero-order chi connectivity index (χ0) is 23.9. The number of anilines is 1. The number of allylic oxidation sites excluding steroid dienone is 3. The number of aryl methyl sites for hydroxylation is 1. The van der Waals surface area contributed by atoms with E-state index in [1.807, 2.05) is 29.2 Å². The van der Waals surface area contributed by atoms with Crippen LogP contribution in [0.5, 0.6) is 11.5 Å². The lowest BCUT2D eigenvalue weighted by Gasteiger charge is -2.44. The first-order valence-corrected chi connectivity index (χ1v) is 11.1. The number of nitrogens with zero attached hydrogens (tertiary/aromatic N) is 2. The Morgan fingerprint density at radius 1 is 1.24 bits per heavy atom. The van der Waals surface area contributed by atoms with Crippen LogP contribution >= 0.6 is 0 Å². The number of phenolic OH excluding ortho intramolecular Hbond substituents is 1. The van der Waals surface area contributed by atoms with Crippen molar-refractivity contribution in [2.24, 2.45) is 11.1 Å². The summed E-state index contributed by atoms with van der Waals surface area (Å²) in [7, 11) is 1.47. The molecule has 0 spiro atoms. The molecule has 1 heterocycles. The number of carbonyl (C=O) groups is 1. The molecule has 1 aliphatic carbocycles. The fourth-order valence-electron chi connectivity index (χ4n) is 5.02. The van der Waals surface area contributed by atoms with Crippen LogP contribution in [-0.2, 0) is 11.2 Å². The minimum absolute atomic E-state index is 0.00340. The number of hydrogen-bond acceptors (Lipinski definition) is 6. The Bertz CT molecular complexity index is 1230. The van der Waals surface area contributed by atoms with Crippen molar-refractivity contribution in [2.75, 3.05) is 12.0 Å². The number of ether oxygens (including phenoxy) is 1. The Labute approximate surface area is 194 Å². The Morgan fingerprint density at radius 3 is 2.64 bits per heavy atom. The van der Waals surface area contributed by atoms with Crippen LogP contribution in [-0.4, -0.2) is 18.0 Å². The lowest BCUT2D eigenvalue weighted by Crippen LogP contribution is -2.42. The van der Waals surface area contributed by atoms with Gasteiger partial charge in [0.25, 0.3) is 0 Å². The molecule has 6 heteroatoms. The Balaban J connectivity index is 2.02. The van der Waals surface area contributed by atoms with Crippen molar-refractivity contribution in [1.82, 2.24) is 0 Å². The van der Waals surface area contributed by atoms with Gasteiger partial charge < -0.3 is 15.6 Å². The van der Waals surface area contributed by atoms with Gasteiger partial charge in [0.1, 0.15) is 5.82 Å². The zero-order valence-corrected chi connectivity index (χ0v) is 19.5. The average molecular weight is 444 g/mol. The van der Waals surface area contributed by atoms with E-state index in [4.69, 9.17) is 10.5 Å². The summed E-state index contributed by atoms with van der Waals surface area (Å²) in [5, 5.41) is 20.3. The van der Waals surface area contributed by atoms with Gasteiger partial charge in [0.2, 0.25) is 0 Å². The number of ketones is 1. The monoisotopic (exact) mass is 443 g/mol. The predicted octanol–water partition coefficient (Wildman–Crippen LogP) is 4.90. The maximum atomic E-state index is 13.6. The fourth-order valence-corrected chi connectivity index (χ4v) is 5.02. The molecule has 4 rings (SSSR count). The molecule has 170 valence electrons. The molecule has 0 saturated carbocycles. The lowest BCUT2D eigenvalue weighted by molar-refractivity contribution is -0.118. The number of Topliss-reactive ketones (excluding diaryl/α,β-unsaturated/α-hetero) is 1. The second-order valence-corrected chi connectivity index (χ2v) is 9.39. The second-order valence-electron chi connectivity index (χ2n) is 9.39. The molecular weight excluding hydrogens is 414 g/mol. The van der Waals surface area contributed by atoms with Gasteiger partial charge in [-0.25, -0.2) is 0 Å². The molecule has 1 unspecified atom stereocenters. The van der Waals surface area contributed by atoms with Gasteiger partial charge in [0.15, 0.2) is 17.3 Å². The first-order chi connectivity index (χ1) is 15.7. The quantitative estimate of drug-likeness (QED) is 0.697. The number of methoxy groups -OCH3 is 1. The Kier molecular flexibility index (Phi) is 5.67. The van der Waals surface area contributed by atoms with E-state index >= 15 is 0 Å². The van der Waals surface area contributed by atoms with Crippen molar-refractivity contribution in [1.29, 1.82) is 5.26 Å².